The molecule has 0 aliphatic carbocycles. The third kappa shape index (κ3) is 5.03. The Bertz CT molecular complexity index is 1510. The number of hydrogen-bond donors (Lipinski definition) is 1. The van der Waals surface area contributed by atoms with Crippen molar-refractivity contribution in [2.75, 3.05) is 26.3 Å². The van der Waals surface area contributed by atoms with Gasteiger partial charge in [0.05, 0.1) is 5.52 Å². The largest absolute Gasteiger partial charge is 0.444 e. The van der Waals surface area contributed by atoms with Crippen LogP contribution in [0.3, 0.4) is 0 Å². The summed E-state index contributed by atoms with van der Waals surface area (Å²) in [5.41, 5.74) is 6.75. The number of carbonyl (C=O) groups excluding carboxylic acids is 1. The lowest BCUT2D eigenvalue weighted by molar-refractivity contribution is 0.0270. The molecule has 3 aromatic heterocycles. The van der Waals surface area contributed by atoms with Crippen LogP contribution in [0.4, 0.5) is 4.79 Å². The quantitative estimate of drug-likeness (QED) is 0.390. The minimum atomic E-state index is -0.498. The van der Waals surface area contributed by atoms with E-state index in [1.54, 1.807) is 4.90 Å². The number of nitrogens with zero attached hydrogens (tertiary/aromatic N) is 5. The molecule has 9 heteroatoms. The fraction of sp³-hybridized carbons (Fsp3) is 0.448. The van der Waals surface area contributed by atoms with Gasteiger partial charge >= 0.3 is 6.09 Å². The number of amides is 1. The van der Waals surface area contributed by atoms with E-state index >= 15 is 0 Å². The molecule has 0 saturated carbocycles. The molecule has 1 N–H and O–H groups in total. The Balaban J connectivity index is 1.27. The van der Waals surface area contributed by atoms with Crippen molar-refractivity contribution in [2.45, 2.75) is 52.2 Å². The molecule has 0 spiro atoms. The maximum absolute atomic E-state index is 12.4. The number of rotatable bonds is 4. The summed E-state index contributed by atoms with van der Waals surface area (Å²) >= 11 is 0. The van der Waals surface area contributed by atoms with Crippen molar-refractivity contribution in [1.82, 2.24) is 29.9 Å². The van der Waals surface area contributed by atoms with Crippen molar-refractivity contribution >= 4 is 33.7 Å². The molecule has 9 nitrogen and oxygen atoms in total. The van der Waals surface area contributed by atoms with E-state index in [4.69, 9.17) is 9.47 Å². The predicted octanol–water partition coefficient (Wildman–Crippen LogP) is 5.43. The highest BCUT2D eigenvalue weighted by molar-refractivity contribution is 5.97. The van der Waals surface area contributed by atoms with Crippen molar-refractivity contribution in [3.05, 3.63) is 48.3 Å². The molecule has 1 amide bonds. The second-order valence-electron chi connectivity index (χ2n) is 11.2. The minimum Gasteiger partial charge on any atom is -0.444 e. The van der Waals surface area contributed by atoms with Crippen LogP contribution in [-0.4, -0.2) is 67.9 Å². The van der Waals surface area contributed by atoms with Crippen LogP contribution in [0.2, 0.25) is 0 Å². The van der Waals surface area contributed by atoms with Gasteiger partial charge in [-0.05, 0) is 86.9 Å². The fourth-order valence-electron chi connectivity index (χ4n) is 5.30. The molecule has 2 aliphatic rings. The molecule has 1 aromatic carbocycles. The predicted molar refractivity (Wildman–Crippen MR) is 147 cm³/mol. The third-order valence-electron chi connectivity index (χ3n) is 7.34. The van der Waals surface area contributed by atoms with Gasteiger partial charge in [0, 0.05) is 50.1 Å². The van der Waals surface area contributed by atoms with Crippen LogP contribution in [-0.2, 0) is 16.0 Å². The summed E-state index contributed by atoms with van der Waals surface area (Å²) in [5, 5.41) is 9.93. The zero-order chi connectivity index (χ0) is 26.3. The first-order chi connectivity index (χ1) is 18.3. The summed E-state index contributed by atoms with van der Waals surface area (Å²) < 4.78 is 13.1. The summed E-state index contributed by atoms with van der Waals surface area (Å²) in [5.74, 6) is 0.562. The van der Waals surface area contributed by atoms with Gasteiger partial charge in [-0.3, -0.25) is 0 Å². The number of aromatic nitrogens is 5. The zero-order valence-corrected chi connectivity index (χ0v) is 22.2. The second-order valence-corrected chi connectivity index (χ2v) is 11.2. The molecule has 2 aliphatic heterocycles. The highest BCUT2D eigenvalue weighted by Gasteiger charge is 2.24. The van der Waals surface area contributed by atoms with Crippen molar-refractivity contribution in [2.24, 2.45) is 5.92 Å². The molecule has 5 heterocycles. The van der Waals surface area contributed by atoms with E-state index in [1.807, 2.05) is 37.7 Å². The molecule has 0 bridgehead atoms. The number of carbonyl (C=O) groups is 1. The van der Waals surface area contributed by atoms with Gasteiger partial charge in [0.1, 0.15) is 16.8 Å². The number of hydrogen-bond acceptors (Lipinski definition) is 6. The first-order valence-corrected chi connectivity index (χ1v) is 13.4. The minimum absolute atomic E-state index is 0.269. The van der Waals surface area contributed by atoms with E-state index in [2.05, 4.69) is 50.6 Å². The third-order valence-corrected chi connectivity index (χ3v) is 7.34. The number of fused-ring (bicyclic) bond motifs is 2. The lowest BCUT2D eigenvalue weighted by Crippen LogP contribution is -2.39. The average Bonchev–Trinajstić information content (AvgIpc) is 3.52. The molecule has 4 aromatic rings. The number of nitrogens with one attached hydrogen (secondary N) is 1. The van der Waals surface area contributed by atoms with E-state index in [9.17, 15) is 4.79 Å². The Hall–Kier alpha value is -3.72. The Morgan fingerprint density at radius 1 is 1.18 bits per heavy atom. The second kappa shape index (κ2) is 9.87. The SMILES string of the molecule is CC(C)(C)OC(=O)N1CC=C(c2cc3c(-c4ccc5nnn(CC6CCOCC6)c5c4)ccnc3[nH]2)CC1. The topological polar surface area (TPSA) is 98.2 Å². The molecule has 198 valence electrons. The number of aromatic amines is 1. The van der Waals surface area contributed by atoms with Crippen LogP contribution < -0.4 is 0 Å². The van der Waals surface area contributed by atoms with Crippen LogP contribution in [0.15, 0.2) is 42.6 Å². The van der Waals surface area contributed by atoms with Gasteiger partial charge < -0.3 is 19.4 Å². The lowest BCUT2D eigenvalue weighted by Gasteiger charge is -2.29. The molecule has 6 rings (SSSR count). The van der Waals surface area contributed by atoms with E-state index < -0.39 is 5.60 Å². The number of benzene rings is 1. The molecule has 0 unspecified atom stereocenters. The average molecular weight is 515 g/mol. The Kier molecular flexibility index (Phi) is 6.39. The Morgan fingerprint density at radius 2 is 2.03 bits per heavy atom. The summed E-state index contributed by atoms with van der Waals surface area (Å²) in [4.78, 5) is 22.3. The van der Waals surface area contributed by atoms with Crippen molar-refractivity contribution in [1.29, 1.82) is 0 Å². The van der Waals surface area contributed by atoms with Crippen molar-refractivity contribution in [3.63, 3.8) is 0 Å². The summed E-state index contributed by atoms with van der Waals surface area (Å²) in [6, 6.07) is 10.6. The molecule has 1 fully saturated rings. The maximum Gasteiger partial charge on any atom is 0.410 e. The Morgan fingerprint density at radius 3 is 2.79 bits per heavy atom. The lowest BCUT2D eigenvalue weighted by atomic mass is 10.00. The van der Waals surface area contributed by atoms with Gasteiger partial charge in [-0.25, -0.2) is 14.5 Å². The smallest absolute Gasteiger partial charge is 0.410 e. The number of H-pyrrole nitrogens is 1. The molecule has 38 heavy (non-hydrogen) atoms. The van der Waals surface area contributed by atoms with E-state index in [0.29, 0.717) is 19.0 Å². The van der Waals surface area contributed by atoms with Gasteiger partial charge in [-0.15, -0.1) is 5.10 Å². The summed E-state index contributed by atoms with van der Waals surface area (Å²) in [6.45, 7) is 9.32. The highest BCUT2D eigenvalue weighted by Crippen LogP contribution is 2.33. The maximum atomic E-state index is 12.4. The van der Waals surface area contributed by atoms with Crippen molar-refractivity contribution < 1.29 is 14.3 Å². The van der Waals surface area contributed by atoms with E-state index in [-0.39, 0.29) is 6.09 Å². The van der Waals surface area contributed by atoms with Gasteiger partial charge in [-0.1, -0.05) is 17.4 Å². The molecular formula is C29H34N6O3. The van der Waals surface area contributed by atoms with Crippen LogP contribution in [0.1, 0.15) is 45.7 Å². The van der Waals surface area contributed by atoms with Gasteiger partial charge in [0.15, 0.2) is 0 Å². The monoisotopic (exact) mass is 514 g/mol. The van der Waals surface area contributed by atoms with E-state index in [1.165, 1.54) is 5.57 Å². The van der Waals surface area contributed by atoms with Crippen LogP contribution in [0, 0.1) is 5.92 Å². The molecule has 0 radical (unpaired) electrons. The first-order valence-electron chi connectivity index (χ1n) is 13.4. The van der Waals surface area contributed by atoms with Gasteiger partial charge in [0.25, 0.3) is 0 Å². The standard InChI is InChI=1S/C29H34N6O3/c1-29(2,3)38-28(36)34-12-7-20(8-13-34)25-17-23-22(6-11-30-27(23)31-25)21-4-5-24-26(16-21)35(33-32-24)18-19-9-14-37-15-10-19/h4-7,11,16-17,19H,8-10,12-15,18H2,1-3H3,(H,30,31). The highest BCUT2D eigenvalue weighted by atomic mass is 16.6. The molecule has 0 atom stereocenters. The van der Waals surface area contributed by atoms with E-state index in [0.717, 1.165) is 77.9 Å². The fourth-order valence-corrected chi connectivity index (χ4v) is 5.30. The van der Waals surface area contributed by atoms with Gasteiger partial charge in [0.2, 0.25) is 0 Å². The van der Waals surface area contributed by atoms with Crippen LogP contribution in [0.5, 0.6) is 0 Å². The summed E-state index contributed by atoms with van der Waals surface area (Å²) in [7, 11) is 0. The molecular weight excluding hydrogens is 480 g/mol. The number of pyridine rings is 1. The molecule has 1 saturated heterocycles. The number of ether oxygens (including phenoxy) is 2. The van der Waals surface area contributed by atoms with Gasteiger partial charge in [-0.2, -0.15) is 0 Å². The van der Waals surface area contributed by atoms with Crippen LogP contribution >= 0.6 is 0 Å². The van der Waals surface area contributed by atoms with Crippen LogP contribution in [0.25, 0.3) is 38.8 Å². The van der Waals surface area contributed by atoms with Crippen molar-refractivity contribution in [3.8, 4) is 11.1 Å². The zero-order valence-electron chi connectivity index (χ0n) is 22.2. The Labute approximate surface area is 221 Å². The first kappa shape index (κ1) is 24.6. The normalized spacial score (nSPS) is 17.2. The summed E-state index contributed by atoms with van der Waals surface area (Å²) in [6.07, 6.45) is 6.55.